The maximum absolute atomic E-state index is 5.60. The number of nitrogens with zero attached hydrogens (tertiary/aromatic N) is 4. The molecule has 3 rings (SSSR count). The molecule has 0 bridgehead atoms. The van der Waals surface area contributed by atoms with E-state index in [4.69, 9.17) is 17.3 Å². The average Bonchev–Trinajstić information content (AvgIpc) is 2.91. The zero-order valence-electron chi connectivity index (χ0n) is 10.6. The van der Waals surface area contributed by atoms with Crippen molar-refractivity contribution in [2.45, 2.75) is 0 Å². The van der Waals surface area contributed by atoms with Crippen LogP contribution in [-0.4, -0.2) is 26.1 Å². The molecule has 0 fully saturated rings. The maximum atomic E-state index is 5.60. The lowest BCUT2D eigenvalue weighted by Gasteiger charge is -1.99. The fourth-order valence-corrected chi connectivity index (χ4v) is 1.93. The zero-order valence-corrected chi connectivity index (χ0v) is 11.3. The molecule has 0 amide bonds. The molecule has 2 heterocycles. The first-order valence-corrected chi connectivity index (χ1v) is 6.59. The summed E-state index contributed by atoms with van der Waals surface area (Å²) in [5, 5.41) is 0. The molecule has 100 valence electrons. The van der Waals surface area contributed by atoms with Gasteiger partial charge in [0.1, 0.15) is 5.84 Å². The smallest absolute Gasteiger partial charge is 0.234 e. The van der Waals surface area contributed by atoms with Crippen molar-refractivity contribution in [3.8, 4) is 11.3 Å². The third-order valence-electron chi connectivity index (χ3n) is 2.81. The minimum absolute atomic E-state index is 0.222. The molecule has 0 aliphatic rings. The molecule has 6 heteroatoms. The molecule has 0 spiro atoms. The Kier molecular flexibility index (Phi) is 3.35. The standard InChI is InChI=1S/C14H12ClN5/c15-8-13(16)18-11-4-2-10(3-5-11)12-9-20-7-1-6-17-14(20)19-12/h1-7,9H,8H2,(H2,16,18). The number of imidazole rings is 1. The fourth-order valence-electron chi connectivity index (χ4n) is 1.87. The van der Waals surface area contributed by atoms with E-state index in [1.54, 1.807) is 6.20 Å². The van der Waals surface area contributed by atoms with Crippen LogP contribution in [0.2, 0.25) is 0 Å². The van der Waals surface area contributed by atoms with Gasteiger partial charge in [0.25, 0.3) is 0 Å². The van der Waals surface area contributed by atoms with Crippen LogP contribution in [0, 0.1) is 0 Å². The van der Waals surface area contributed by atoms with Crippen molar-refractivity contribution >= 4 is 28.9 Å². The van der Waals surface area contributed by atoms with Crippen LogP contribution in [0.15, 0.2) is 53.9 Å². The summed E-state index contributed by atoms with van der Waals surface area (Å²) < 4.78 is 1.88. The first kappa shape index (κ1) is 12.6. The lowest BCUT2D eigenvalue weighted by molar-refractivity contribution is 1.11. The predicted molar refractivity (Wildman–Crippen MR) is 80.4 cm³/mol. The summed E-state index contributed by atoms with van der Waals surface area (Å²) in [6, 6.07) is 9.52. The van der Waals surface area contributed by atoms with Gasteiger partial charge in [-0.05, 0) is 18.2 Å². The quantitative estimate of drug-likeness (QED) is 0.457. The number of alkyl halides is 1. The number of nitrogens with two attached hydrogens (primary N) is 1. The van der Waals surface area contributed by atoms with E-state index < -0.39 is 0 Å². The van der Waals surface area contributed by atoms with E-state index in [2.05, 4.69) is 15.0 Å². The van der Waals surface area contributed by atoms with E-state index in [0.717, 1.165) is 16.9 Å². The Hall–Kier alpha value is -2.40. The van der Waals surface area contributed by atoms with E-state index in [-0.39, 0.29) is 5.88 Å². The van der Waals surface area contributed by atoms with Gasteiger partial charge in [-0.3, -0.25) is 4.40 Å². The molecule has 0 aliphatic carbocycles. The summed E-state index contributed by atoms with van der Waals surface area (Å²) in [7, 11) is 0. The normalized spacial score (nSPS) is 11.9. The van der Waals surface area contributed by atoms with Crippen molar-refractivity contribution in [2.24, 2.45) is 10.7 Å². The summed E-state index contributed by atoms with van der Waals surface area (Å²) in [5.41, 5.74) is 8.24. The van der Waals surface area contributed by atoms with Crippen LogP contribution < -0.4 is 5.73 Å². The van der Waals surface area contributed by atoms with Gasteiger partial charge < -0.3 is 5.73 Å². The van der Waals surface area contributed by atoms with Gasteiger partial charge in [-0.2, -0.15) is 0 Å². The Labute approximate surface area is 120 Å². The Morgan fingerprint density at radius 3 is 2.80 bits per heavy atom. The number of amidine groups is 1. The topological polar surface area (TPSA) is 68.6 Å². The first-order valence-electron chi connectivity index (χ1n) is 6.05. The molecule has 0 atom stereocenters. The molecule has 0 saturated heterocycles. The van der Waals surface area contributed by atoms with Crippen molar-refractivity contribution in [1.29, 1.82) is 0 Å². The second-order valence-electron chi connectivity index (χ2n) is 4.24. The van der Waals surface area contributed by atoms with Crippen molar-refractivity contribution in [2.75, 3.05) is 5.88 Å². The van der Waals surface area contributed by atoms with Crippen LogP contribution >= 0.6 is 11.6 Å². The molecule has 3 aromatic rings. The highest BCUT2D eigenvalue weighted by Gasteiger charge is 2.04. The van der Waals surface area contributed by atoms with Crippen LogP contribution in [0.3, 0.4) is 0 Å². The highest BCUT2D eigenvalue weighted by Crippen LogP contribution is 2.22. The van der Waals surface area contributed by atoms with Gasteiger partial charge >= 0.3 is 0 Å². The molecule has 0 aliphatic heterocycles. The summed E-state index contributed by atoms with van der Waals surface area (Å²) in [6.07, 6.45) is 5.57. The maximum Gasteiger partial charge on any atom is 0.234 e. The fraction of sp³-hybridized carbons (Fsp3) is 0.0714. The molecule has 0 saturated carbocycles. The van der Waals surface area contributed by atoms with E-state index in [0.29, 0.717) is 11.6 Å². The number of aliphatic imine (C=N–C) groups is 1. The lowest BCUT2D eigenvalue weighted by Crippen LogP contribution is -2.12. The van der Waals surface area contributed by atoms with Crippen LogP contribution in [-0.2, 0) is 0 Å². The van der Waals surface area contributed by atoms with Gasteiger partial charge in [0.2, 0.25) is 5.78 Å². The Bertz CT molecular complexity index is 728. The summed E-state index contributed by atoms with van der Waals surface area (Å²) >= 11 is 5.60. The Balaban J connectivity index is 1.94. The third-order valence-corrected chi connectivity index (χ3v) is 3.08. The van der Waals surface area contributed by atoms with Crippen LogP contribution in [0.4, 0.5) is 5.69 Å². The summed E-state index contributed by atoms with van der Waals surface area (Å²) in [6.45, 7) is 0. The average molecular weight is 286 g/mol. The van der Waals surface area contributed by atoms with Crippen molar-refractivity contribution in [3.05, 3.63) is 48.9 Å². The number of halogens is 1. The second kappa shape index (κ2) is 5.30. The van der Waals surface area contributed by atoms with Gasteiger partial charge in [-0.1, -0.05) is 12.1 Å². The lowest BCUT2D eigenvalue weighted by atomic mass is 10.1. The molecule has 5 nitrogen and oxygen atoms in total. The van der Waals surface area contributed by atoms with E-state index >= 15 is 0 Å². The van der Waals surface area contributed by atoms with E-state index in [1.165, 1.54) is 0 Å². The molecular formula is C14H12ClN5. The summed E-state index contributed by atoms with van der Waals surface area (Å²) in [4.78, 5) is 12.8. The Morgan fingerprint density at radius 2 is 2.10 bits per heavy atom. The number of fused-ring (bicyclic) bond motifs is 1. The van der Waals surface area contributed by atoms with Crippen molar-refractivity contribution < 1.29 is 0 Å². The molecule has 20 heavy (non-hydrogen) atoms. The molecule has 0 unspecified atom stereocenters. The van der Waals surface area contributed by atoms with Crippen LogP contribution in [0.25, 0.3) is 17.0 Å². The van der Waals surface area contributed by atoms with E-state index in [9.17, 15) is 0 Å². The number of hydrogen-bond donors (Lipinski definition) is 1. The van der Waals surface area contributed by atoms with Gasteiger partial charge in [0.15, 0.2) is 0 Å². The number of benzene rings is 1. The minimum Gasteiger partial charge on any atom is -0.386 e. The highest BCUT2D eigenvalue weighted by molar-refractivity contribution is 6.28. The second-order valence-corrected chi connectivity index (χ2v) is 4.50. The zero-order chi connectivity index (χ0) is 13.9. The molecule has 1 aromatic carbocycles. The van der Waals surface area contributed by atoms with E-state index in [1.807, 2.05) is 47.1 Å². The van der Waals surface area contributed by atoms with Gasteiger partial charge in [-0.15, -0.1) is 11.6 Å². The van der Waals surface area contributed by atoms with Crippen LogP contribution in [0.5, 0.6) is 0 Å². The SMILES string of the molecule is NC(CCl)=Nc1ccc(-c2cn3cccnc3n2)cc1. The largest absolute Gasteiger partial charge is 0.386 e. The monoisotopic (exact) mass is 285 g/mol. The minimum atomic E-state index is 0.222. The van der Waals surface area contributed by atoms with Gasteiger partial charge in [0, 0.05) is 24.2 Å². The third kappa shape index (κ3) is 2.48. The van der Waals surface area contributed by atoms with Crippen molar-refractivity contribution in [1.82, 2.24) is 14.4 Å². The van der Waals surface area contributed by atoms with Gasteiger partial charge in [0.05, 0.1) is 17.3 Å². The Morgan fingerprint density at radius 1 is 1.30 bits per heavy atom. The summed E-state index contributed by atoms with van der Waals surface area (Å²) in [5.74, 6) is 1.30. The molecule has 2 aromatic heterocycles. The highest BCUT2D eigenvalue weighted by atomic mass is 35.5. The number of rotatable bonds is 3. The molecule has 2 N–H and O–H groups in total. The number of aromatic nitrogens is 3. The van der Waals surface area contributed by atoms with Crippen molar-refractivity contribution in [3.63, 3.8) is 0 Å². The molecular weight excluding hydrogens is 274 g/mol. The predicted octanol–water partition coefficient (Wildman–Crippen LogP) is 2.62. The van der Waals surface area contributed by atoms with Gasteiger partial charge in [-0.25, -0.2) is 15.0 Å². The first-order chi connectivity index (χ1) is 9.76. The van der Waals surface area contributed by atoms with Crippen LogP contribution in [0.1, 0.15) is 0 Å². The number of hydrogen-bond acceptors (Lipinski definition) is 3. The molecule has 0 radical (unpaired) electrons.